The van der Waals surface area contributed by atoms with Gasteiger partial charge in [0.05, 0.1) is 5.54 Å². The summed E-state index contributed by atoms with van der Waals surface area (Å²) in [4.78, 5) is 11.8. The molecule has 0 unspecified atom stereocenters. The lowest BCUT2D eigenvalue weighted by atomic mass is 9.72. The van der Waals surface area contributed by atoms with Crippen molar-refractivity contribution in [2.75, 3.05) is 0 Å². The summed E-state index contributed by atoms with van der Waals surface area (Å²) in [6, 6.07) is 6.34. The van der Waals surface area contributed by atoms with Gasteiger partial charge < -0.3 is 10.6 Å². The Balaban J connectivity index is 2.11. The van der Waals surface area contributed by atoms with E-state index in [1.165, 1.54) is 12.1 Å². The summed E-state index contributed by atoms with van der Waals surface area (Å²) in [5.74, 6) is -0.250. The first-order chi connectivity index (χ1) is 8.52. The number of hydrogen-bond acceptors (Lipinski definition) is 1. The van der Waals surface area contributed by atoms with E-state index in [4.69, 9.17) is 0 Å². The van der Waals surface area contributed by atoms with Crippen LogP contribution in [0.3, 0.4) is 0 Å². The SMILES string of the molecule is CC(C)NC(=O)NC1(c2ccc(F)cc2)CCC1. The summed E-state index contributed by atoms with van der Waals surface area (Å²) in [6.07, 6.45) is 2.90. The molecule has 18 heavy (non-hydrogen) atoms. The van der Waals surface area contributed by atoms with E-state index in [1.807, 2.05) is 13.8 Å². The summed E-state index contributed by atoms with van der Waals surface area (Å²) in [5, 5.41) is 5.85. The van der Waals surface area contributed by atoms with Crippen LogP contribution < -0.4 is 10.6 Å². The molecule has 2 N–H and O–H groups in total. The highest BCUT2D eigenvalue weighted by molar-refractivity contribution is 5.75. The molecule has 1 aliphatic rings. The fraction of sp³-hybridized carbons (Fsp3) is 0.500. The van der Waals surface area contributed by atoms with Crippen molar-refractivity contribution in [1.29, 1.82) is 0 Å². The maximum Gasteiger partial charge on any atom is 0.315 e. The van der Waals surface area contributed by atoms with Crippen molar-refractivity contribution >= 4 is 6.03 Å². The van der Waals surface area contributed by atoms with Gasteiger partial charge in [-0.3, -0.25) is 0 Å². The van der Waals surface area contributed by atoms with Gasteiger partial charge in [0, 0.05) is 6.04 Å². The average Bonchev–Trinajstić information content (AvgIpc) is 2.24. The molecule has 98 valence electrons. The van der Waals surface area contributed by atoms with E-state index in [1.54, 1.807) is 12.1 Å². The van der Waals surface area contributed by atoms with Crippen LogP contribution in [0.1, 0.15) is 38.7 Å². The van der Waals surface area contributed by atoms with Crippen molar-refractivity contribution in [3.8, 4) is 0 Å². The van der Waals surface area contributed by atoms with E-state index in [0.717, 1.165) is 24.8 Å². The molecule has 0 spiro atoms. The topological polar surface area (TPSA) is 41.1 Å². The van der Waals surface area contributed by atoms with Crippen LogP contribution in [0.15, 0.2) is 24.3 Å². The molecule has 0 aliphatic heterocycles. The molecular formula is C14H19FN2O. The Morgan fingerprint density at radius 2 is 1.89 bits per heavy atom. The number of halogens is 1. The second-order valence-corrected chi connectivity index (χ2v) is 5.20. The lowest BCUT2D eigenvalue weighted by Gasteiger charge is -2.43. The zero-order chi connectivity index (χ0) is 13.2. The van der Waals surface area contributed by atoms with Gasteiger partial charge in [0.1, 0.15) is 5.82 Å². The van der Waals surface area contributed by atoms with Gasteiger partial charge in [0.2, 0.25) is 0 Å². The predicted molar refractivity (Wildman–Crippen MR) is 68.7 cm³/mol. The van der Waals surface area contributed by atoms with Crippen molar-refractivity contribution in [3.05, 3.63) is 35.6 Å². The second kappa shape index (κ2) is 4.96. The van der Waals surface area contributed by atoms with Gasteiger partial charge >= 0.3 is 6.03 Å². The molecule has 1 saturated carbocycles. The Labute approximate surface area is 107 Å². The zero-order valence-electron chi connectivity index (χ0n) is 10.8. The van der Waals surface area contributed by atoms with Crippen molar-refractivity contribution < 1.29 is 9.18 Å². The smallest absolute Gasteiger partial charge is 0.315 e. The molecule has 1 aliphatic carbocycles. The summed E-state index contributed by atoms with van der Waals surface area (Å²) in [6.45, 7) is 3.84. The highest BCUT2D eigenvalue weighted by atomic mass is 19.1. The summed E-state index contributed by atoms with van der Waals surface area (Å²) < 4.78 is 12.9. The predicted octanol–water partition coefficient (Wildman–Crippen LogP) is 2.91. The van der Waals surface area contributed by atoms with Gasteiger partial charge in [-0.15, -0.1) is 0 Å². The maximum absolute atomic E-state index is 12.9. The second-order valence-electron chi connectivity index (χ2n) is 5.20. The fourth-order valence-electron chi connectivity index (χ4n) is 2.30. The number of nitrogens with one attached hydrogen (secondary N) is 2. The molecule has 4 heteroatoms. The molecule has 0 radical (unpaired) electrons. The molecule has 2 rings (SSSR count). The summed E-state index contributed by atoms with van der Waals surface area (Å²) >= 11 is 0. The molecule has 1 aromatic carbocycles. The van der Waals surface area contributed by atoms with Crippen molar-refractivity contribution in [2.24, 2.45) is 0 Å². The average molecular weight is 250 g/mol. The number of carbonyl (C=O) groups is 1. The van der Waals surface area contributed by atoms with Crippen molar-refractivity contribution in [1.82, 2.24) is 10.6 Å². The molecule has 1 aromatic rings. The molecule has 0 bridgehead atoms. The minimum Gasteiger partial charge on any atom is -0.336 e. The van der Waals surface area contributed by atoms with Crippen LogP contribution in [0.5, 0.6) is 0 Å². The van der Waals surface area contributed by atoms with Gasteiger partial charge in [-0.2, -0.15) is 0 Å². The molecule has 0 aromatic heterocycles. The van der Waals surface area contributed by atoms with E-state index in [0.29, 0.717) is 0 Å². The third-order valence-electron chi connectivity index (χ3n) is 3.38. The monoisotopic (exact) mass is 250 g/mol. The number of carbonyl (C=O) groups excluding carboxylic acids is 1. The van der Waals surface area contributed by atoms with Crippen LogP contribution in [-0.4, -0.2) is 12.1 Å². The van der Waals surface area contributed by atoms with E-state index in [2.05, 4.69) is 10.6 Å². The number of urea groups is 1. The van der Waals surface area contributed by atoms with Gasteiger partial charge in [-0.25, -0.2) is 9.18 Å². The lowest BCUT2D eigenvalue weighted by molar-refractivity contribution is 0.176. The van der Waals surface area contributed by atoms with E-state index >= 15 is 0 Å². The summed E-state index contributed by atoms with van der Waals surface area (Å²) in [5.41, 5.74) is 0.668. The van der Waals surface area contributed by atoms with Gasteiger partial charge in [0.15, 0.2) is 0 Å². The van der Waals surface area contributed by atoms with Crippen LogP contribution in [0.2, 0.25) is 0 Å². The van der Waals surface area contributed by atoms with Crippen molar-refractivity contribution in [3.63, 3.8) is 0 Å². The Kier molecular flexibility index (Phi) is 3.55. The van der Waals surface area contributed by atoms with Gasteiger partial charge in [-0.1, -0.05) is 12.1 Å². The third-order valence-corrected chi connectivity index (χ3v) is 3.38. The molecular weight excluding hydrogens is 231 g/mol. The van der Waals surface area contributed by atoms with Gasteiger partial charge in [-0.05, 0) is 50.8 Å². The minimum atomic E-state index is -0.313. The van der Waals surface area contributed by atoms with E-state index in [9.17, 15) is 9.18 Å². The quantitative estimate of drug-likeness (QED) is 0.851. The largest absolute Gasteiger partial charge is 0.336 e. The van der Waals surface area contributed by atoms with Crippen LogP contribution >= 0.6 is 0 Å². The minimum absolute atomic E-state index is 0.107. The normalized spacial score (nSPS) is 17.1. The Morgan fingerprint density at radius 1 is 1.28 bits per heavy atom. The maximum atomic E-state index is 12.9. The molecule has 3 nitrogen and oxygen atoms in total. The Hall–Kier alpha value is -1.58. The zero-order valence-corrected chi connectivity index (χ0v) is 10.8. The highest BCUT2D eigenvalue weighted by Crippen LogP contribution is 2.41. The van der Waals surface area contributed by atoms with Crippen LogP contribution in [0.25, 0.3) is 0 Å². The Bertz CT molecular complexity index is 424. The van der Waals surface area contributed by atoms with Crippen LogP contribution in [0.4, 0.5) is 9.18 Å². The Morgan fingerprint density at radius 3 is 2.33 bits per heavy atom. The molecule has 0 atom stereocenters. The fourth-order valence-corrected chi connectivity index (χ4v) is 2.30. The number of rotatable bonds is 3. The molecule has 0 saturated heterocycles. The van der Waals surface area contributed by atoms with Gasteiger partial charge in [0.25, 0.3) is 0 Å². The number of benzene rings is 1. The van der Waals surface area contributed by atoms with Crippen molar-refractivity contribution in [2.45, 2.75) is 44.7 Å². The van der Waals surface area contributed by atoms with Crippen LogP contribution in [0, 0.1) is 5.82 Å². The lowest BCUT2D eigenvalue weighted by Crippen LogP contribution is -2.54. The van der Waals surface area contributed by atoms with Crippen LogP contribution in [-0.2, 0) is 5.54 Å². The number of hydrogen-bond donors (Lipinski definition) is 2. The molecule has 0 heterocycles. The number of amides is 2. The first-order valence-corrected chi connectivity index (χ1v) is 6.36. The third kappa shape index (κ3) is 2.63. The van der Waals surface area contributed by atoms with E-state index in [-0.39, 0.29) is 23.4 Å². The van der Waals surface area contributed by atoms with E-state index < -0.39 is 0 Å². The standard InChI is InChI=1S/C14H19FN2O/c1-10(2)16-13(18)17-14(8-3-9-14)11-4-6-12(15)7-5-11/h4-7,10H,3,8-9H2,1-2H3,(H2,16,17,18). The summed E-state index contributed by atoms with van der Waals surface area (Å²) in [7, 11) is 0. The molecule has 2 amide bonds. The first kappa shape index (κ1) is 12.9. The first-order valence-electron chi connectivity index (χ1n) is 6.36. The molecule has 1 fully saturated rings. The highest BCUT2D eigenvalue weighted by Gasteiger charge is 2.40.